The van der Waals surface area contributed by atoms with Gasteiger partial charge in [0.15, 0.2) is 0 Å². The van der Waals surface area contributed by atoms with Gasteiger partial charge in [-0.05, 0) is 70.3 Å². The van der Waals surface area contributed by atoms with Crippen molar-refractivity contribution in [1.82, 2.24) is 15.2 Å². The summed E-state index contributed by atoms with van der Waals surface area (Å²) in [5, 5.41) is 3.68. The van der Waals surface area contributed by atoms with Crippen molar-refractivity contribution in [1.29, 1.82) is 0 Å². The molecule has 0 amide bonds. The highest BCUT2D eigenvalue weighted by molar-refractivity contribution is 5.17. The molecule has 0 spiro atoms. The highest BCUT2D eigenvalue weighted by Gasteiger charge is 2.23. The van der Waals surface area contributed by atoms with Gasteiger partial charge in [0.25, 0.3) is 0 Å². The highest BCUT2D eigenvalue weighted by atomic mass is 15.1. The van der Waals surface area contributed by atoms with E-state index in [2.05, 4.69) is 42.0 Å². The molecule has 1 aliphatic heterocycles. The lowest BCUT2D eigenvalue weighted by molar-refractivity contribution is 0.162. The zero-order valence-electron chi connectivity index (χ0n) is 13.2. The monoisotopic (exact) mass is 275 g/mol. The fourth-order valence-corrected chi connectivity index (χ4v) is 3.12. The minimum absolute atomic E-state index is 0.584. The van der Waals surface area contributed by atoms with Crippen LogP contribution in [0.2, 0.25) is 0 Å². The number of aromatic nitrogens is 1. The van der Waals surface area contributed by atoms with Gasteiger partial charge in [-0.3, -0.25) is 4.98 Å². The summed E-state index contributed by atoms with van der Waals surface area (Å²) in [4.78, 5) is 7.06. The lowest BCUT2D eigenvalue weighted by atomic mass is 9.90. The Morgan fingerprint density at radius 2 is 2.15 bits per heavy atom. The molecule has 1 N–H and O–H groups in total. The molecule has 1 fully saturated rings. The van der Waals surface area contributed by atoms with Gasteiger partial charge < -0.3 is 10.2 Å². The second-order valence-corrected chi connectivity index (χ2v) is 6.12. The zero-order chi connectivity index (χ0) is 14.4. The minimum Gasteiger partial charge on any atom is -0.308 e. The Morgan fingerprint density at radius 3 is 2.80 bits per heavy atom. The van der Waals surface area contributed by atoms with Crippen LogP contribution in [0.25, 0.3) is 0 Å². The van der Waals surface area contributed by atoms with Gasteiger partial charge in [-0.15, -0.1) is 0 Å². The predicted octanol–water partition coefficient (Wildman–Crippen LogP) is 2.99. The van der Waals surface area contributed by atoms with Gasteiger partial charge in [0.05, 0.1) is 5.69 Å². The number of piperidine rings is 1. The summed E-state index contributed by atoms with van der Waals surface area (Å²) in [5.74, 6) is 0.812. The van der Waals surface area contributed by atoms with Crippen LogP contribution in [-0.4, -0.2) is 35.6 Å². The van der Waals surface area contributed by atoms with Crippen molar-refractivity contribution < 1.29 is 0 Å². The first-order chi connectivity index (χ1) is 9.70. The molecule has 2 rings (SSSR count). The largest absolute Gasteiger partial charge is 0.308 e. The van der Waals surface area contributed by atoms with Crippen LogP contribution in [0.5, 0.6) is 0 Å². The van der Waals surface area contributed by atoms with E-state index in [9.17, 15) is 0 Å². The Hall–Kier alpha value is -0.930. The van der Waals surface area contributed by atoms with Gasteiger partial charge in [-0.2, -0.15) is 0 Å². The van der Waals surface area contributed by atoms with Crippen molar-refractivity contribution in [2.24, 2.45) is 5.92 Å². The van der Waals surface area contributed by atoms with Crippen molar-refractivity contribution in [2.75, 3.05) is 19.6 Å². The lowest BCUT2D eigenvalue weighted by Crippen LogP contribution is -2.42. The van der Waals surface area contributed by atoms with Crippen molar-refractivity contribution >= 4 is 0 Å². The first-order valence-corrected chi connectivity index (χ1v) is 8.07. The SMILES string of the molecule is CCCN1CCC(C(C)NCc2ncccc2C)CC1. The average molecular weight is 275 g/mol. The van der Waals surface area contributed by atoms with Crippen LogP contribution in [0.4, 0.5) is 0 Å². The summed E-state index contributed by atoms with van der Waals surface area (Å²) in [6, 6.07) is 4.73. The maximum Gasteiger partial charge on any atom is 0.0570 e. The number of rotatable bonds is 6. The van der Waals surface area contributed by atoms with Crippen molar-refractivity contribution in [2.45, 2.75) is 52.6 Å². The van der Waals surface area contributed by atoms with Crippen LogP contribution in [-0.2, 0) is 6.54 Å². The first kappa shape index (κ1) is 15.5. The Morgan fingerprint density at radius 1 is 1.40 bits per heavy atom. The van der Waals surface area contributed by atoms with E-state index in [4.69, 9.17) is 0 Å². The molecule has 1 aliphatic rings. The smallest absolute Gasteiger partial charge is 0.0570 e. The molecule has 0 bridgehead atoms. The van der Waals surface area contributed by atoms with E-state index < -0.39 is 0 Å². The molecule has 0 aromatic carbocycles. The summed E-state index contributed by atoms with van der Waals surface area (Å²) in [5.41, 5.74) is 2.47. The lowest BCUT2D eigenvalue weighted by Gasteiger charge is -2.35. The van der Waals surface area contributed by atoms with Crippen molar-refractivity contribution in [3.63, 3.8) is 0 Å². The highest BCUT2D eigenvalue weighted by Crippen LogP contribution is 2.21. The molecule has 1 aromatic heterocycles. The van der Waals surface area contributed by atoms with Crippen molar-refractivity contribution in [3.05, 3.63) is 29.6 Å². The Labute approximate surface area is 123 Å². The number of aryl methyl sites for hydroxylation is 1. The molecule has 112 valence electrons. The molecule has 0 saturated carbocycles. The molecule has 1 saturated heterocycles. The molecule has 3 nitrogen and oxygen atoms in total. The second-order valence-electron chi connectivity index (χ2n) is 6.12. The minimum atomic E-state index is 0.584. The van der Waals surface area contributed by atoms with Crippen LogP contribution in [0.3, 0.4) is 0 Å². The molecular formula is C17H29N3. The third-order valence-corrected chi connectivity index (χ3v) is 4.59. The quantitative estimate of drug-likeness (QED) is 0.865. The molecule has 3 heteroatoms. The van der Waals surface area contributed by atoms with E-state index in [1.165, 1.54) is 50.2 Å². The third-order valence-electron chi connectivity index (χ3n) is 4.59. The third kappa shape index (κ3) is 4.29. The van der Waals surface area contributed by atoms with Gasteiger partial charge in [0, 0.05) is 18.8 Å². The van der Waals surface area contributed by atoms with Gasteiger partial charge in [0.2, 0.25) is 0 Å². The van der Waals surface area contributed by atoms with Crippen molar-refractivity contribution in [3.8, 4) is 0 Å². The van der Waals surface area contributed by atoms with Crippen LogP contribution in [0.1, 0.15) is 44.4 Å². The van der Waals surface area contributed by atoms with Crippen LogP contribution >= 0.6 is 0 Å². The number of nitrogens with zero attached hydrogens (tertiary/aromatic N) is 2. The summed E-state index contributed by atoms with van der Waals surface area (Å²) >= 11 is 0. The molecule has 1 unspecified atom stereocenters. The Kier molecular flexibility index (Phi) is 5.99. The summed E-state index contributed by atoms with van der Waals surface area (Å²) < 4.78 is 0. The topological polar surface area (TPSA) is 28.2 Å². The molecule has 1 atom stereocenters. The van der Waals surface area contributed by atoms with Gasteiger partial charge in [-0.1, -0.05) is 13.0 Å². The number of pyridine rings is 1. The van der Waals surface area contributed by atoms with E-state index in [0.717, 1.165) is 12.5 Å². The van der Waals surface area contributed by atoms with E-state index in [1.54, 1.807) is 0 Å². The number of nitrogens with one attached hydrogen (secondary N) is 1. The van der Waals surface area contributed by atoms with Crippen LogP contribution in [0.15, 0.2) is 18.3 Å². The summed E-state index contributed by atoms with van der Waals surface area (Å²) in [6.07, 6.45) is 5.82. The van der Waals surface area contributed by atoms with E-state index in [0.29, 0.717) is 6.04 Å². The molecule has 0 radical (unpaired) electrons. The number of likely N-dealkylation sites (tertiary alicyclic amines) is 1. The maximum absolute atomic E-state index is 4.46. The van der Waals surface area contributed by atoms with E-state index >= 15 is 0 Å². The second kappa shape index (κ2) is 7.75. The first-order valence-electron chi connectivity index (χ1n) is 8.07. The fourth-order valence-electron chi connectivity index (χ4n) is 3.12. The Balaban J connectivity index is 1.76. The van der Waals surface area contributed by atoms with E-state index in [1.807, 2.05) is 12.3 Å². The standard InChI is InChI=1S/C17H29N3/c1-4-10-20-11-7-16(8-12-20)15(3)19-13-17-14(2)6-5-9-18-17/h5-6,9,15-16,19H,4,7-8,10-13H2,1-3H3. The number of hydrogen-bond acceptors (Lipinski definition) is 3. The molecule has 1 aromatic rings. The van der Waals surface area contributed by atoms with Gasteiger partial charge >= 0.3 is 0 Å². The molecular weight excluding hydrogens is 246 g/mol. The maximum atomic E-state index is 4.46. The molecule has 0 aliphatic carbocycles. The van der Waals surface area contributed by atoms with Crippen LogP contribution < -0.4 is 5.32 Å². The Bertz CT molecular complexity index is 397. The average Bonchev–Trinajstić information content (AvgIpc) is 2.47. The fraction of sp³-hybridized carbons (Fsp3) is 0.706. The summed E-state index contributed by atoms with van der Waals surface area (Å²) in [7, 11) is 0. The molecule has 2 heterocycles. The van der Waals surface area contributed by atoms with Crippen LogP contribution in [0, 0.1) is 12.8 Å². The molecule has 20 heavy (non-hydrogen) atoms. The van der Waals surface area contributed by atoms with E-state index in [-0.39, 0.29) is 0 Å². The van der Waals surface area contributed by atoms with Gasteiger partial charge in [-0.25, -0.2) is 0 Å². The number of hydrogen-bond donors (Lipinski definition) is 1. The normalized spacial score (nSPS) is 19.1. The van der Waals surface area contributed by atoms with Gasteiger partial charge in [0.1, 0.15) is 0 Å². The summed E-state index contributed by atoms with van der Waals surface area (Å²) in [6.45, 7) is 11.4. The predicted molar refractivity (Wildman–Crippen MR) is 84.7 cm³/mol. The zero-order valence-corrected chi connectivity index (χ0v) is 13.2.